The molecule has 1 rings (SSSR count). The van der Waals surface area contributed by atoms with E-state index in [2.05, 4.69) is 4.72 Å². The molecule has 0 aromatic heterocycles. The van der Waals surface area contributed by atoms with Gasteiger partial charge in [-0.05, 0) is 31.0 Å². The predicted molar refractivity (Wildman–Crippen MR) is 67.9 cm³/mol. The van der Waals surface area contributed by atoms with Crippen molar-refractivity contribution in [1.29, 1.82) is 0 Å². The summed E-state index contributed by atoms with van der Waals surface area (Å²) in [6, 6.07) is 5.20. The third kappa shape index (κ3) is 3.41. The first-order chi connectivity index (χ1) is 7.46. The maximum absolute atomic E-state index is 11.7. The van der Waals surface area contributed by atoms with Crippen LogP contribution in [0.2, 0.25) is 0 Å². The van der Waals surface area contributed by atoms with E-state index in [1.54, 1.807) is 25.1 Å². The molecule has 1 aromatic carbocycles. The number of unbranched alkanes of at least 4 members (excludes halogenated alkanes) is 1. The number of benzene rings is 1. The molecule has 0 unspecified atom stereocenters. The second-order valence-corrected chi connectivity index (χ2v) is 5.64. The normalized spacial score (nSPS) is 11.4. The van der Waals surface area contributed by atoms with Crippen molar-refractivity contribution in [2.24, 2.45) is 0 Å². The lowest BCUT2D eigenvalue weighted by molar-refractivity contribution is 0.598. The lowest BCUT2D eigenvalue weighted by atomic mass is 10.2. The van der Waals surface area contributed by atoms with Gasteiger partial charge < -0.3 is 5.73 Å². The molecule has 0 fully saturated rings. The maximum Gasteiger partial charge on any atom is 0.232 e. The molecule has 3 N–H and O–H groups in total. The summed E-state index contributed by atoms with van der Waals surface area (Å²) in [7, 11) is -3.24. The molecule has 0 bridgehead atoms. The third-order valence-corrected chi connectivity index (χ3v) is 3.76. The van der Waals surface area contributed by atoms with Gasteiger partial charge in [0.25, 0.3) is 0 Å². The fourth-order valence-electron chi connectivity index (χ4n) is 1.32. The van der Waals surface area contributed by atoms with Gasteiger partial charge in [-0.3, -0.25) is 4.72 Å². The number of anilines is 2. The van der Waals surface area contributed by atoms with Gasteiger partial charge in [0, 0.05) is 5.69 Å². The Morgan fingerprint density at radius 1 is 1.38 bits per heavy atom. The molecule has 5 heteroatoms. The van der Waals surface area contributed by atoms with Gasteiger partial charge in [0.05, 0.1) is 11.4 Å². The van der Waals surface area contributed by atoms with Gasteiger partial charge in [-0.25, -0.2) is 8.42 Å². The third-order valence-electron chi connectivity index (χ3n) is 2.41. The summed E-state index contributed by atoms with van der Waals surface area (Å²) in [5.41, 5.74) is 7.63. The highest BCUT2D eigenvalue weighted by Gasteiger charge is 2.11. The molecular formula is C11H18N2O2S. The Kier molecular flexibility index (Phi) is 4.18. The first kappa shape index (κ1) is 12.8. The van der Waals surface area contributed by atoms with Gasteiger partial charge in [-0.15, -0.1) is 0 Å². The van der Waals surface area contributed by atoms with Crippen LogP contribution < -0.4 is 10.5 Å². The van der Waals surface area contributed by atoms with Gasteiger partial charge in [-0.2, -0.15) is 0 Å². The minimum atomic E-state index is -3.24. The van der Waals surface area contributed by atoms with Crippen LogP contribution in [0.25, 0.3) is 0 Å². The average molecular weight is 242 g/mol. The van der Waals surface area contributed by atoms with Crippen LogP contribution in [0.1, 0.15) is 25.3 Å². The van der Waals surface area contributed by atoms with E-state index in [1.165, 1.54) is 0 Å². The van der Waals surface area contributed by atoms with Crippen molar-refractivity contribution in [2.75, 3.05) is 16.2 Å². The van der Waals surface area contributed by atoms with E-state index in [4.69, 9.17) is 5.73 Å². The van der Waals surface area contributed by atoms with Crippen LogP contribution in [-0.4, -0.2) is 14.2 Å². The highest BCUT2D eigenvalue weighted by atomic mass is 32.2. The highest BCUT2D eigenvalue weighted by Crippen LogP contribution is 2.21. The predicted octanol–water partition coefficient (Wildman–Crippen LogP) is 2.12. The molecule has 90 valence electrons. The summed E-state index contributed by atoms with van der Waals surface area (Å²) < 4.78 is 25.9. The SMILES string of the molecule is CCCCS(=O)(=O)Nc1cccc(N)c1C. The maximum atomic E-state index is 11.7. The molecule has 0 amide bonds. The molecule has 1 aromatic rings. The Balaban J connectivity index is 2.84. The van der Waals surface area contributed by atoms with Crippen LogP contribution in [-0.2, 0) is 10.0 Å². The molecule has 0 aliphatic carbocycles. The zero-order chi connectivity index (χ0) is 12.2. The molecule has 0 spiro atoms. The standard InChI is InChI=1S/C11H18N2O2S/c1-3-4-8-16(14,15)13-11-7-5-6-10(12)9(11)2/h5-7,13H,3-4,8,12H2,1-2H3. The quantitative estimate of drug-likeness (QED) is 0.777. The lowest BCUT2D eigenvalue weighted by Gasteiger charge is -2.11. The van der Waals surface area contributed by atoms with Crippen LogP contribution in [0.5, 0.6) is 0 Å². The summed E-state index contributed by atoms with van der Waals surface area (Å²) in [4.78, 5) is 0. The summed E-state index contributed by atoms with van der Waals surface area (Å²) in [6.45, 7) is 3.76. The summed E-state index contributed by atoms with van der Waals surface area (Å²) in [5, 5.41) is 0. The van der Waals surface area contributed by atoms with E-state index >= 15 is 0 Å². The largest absolute Gasteiger partial charge is 0.398 e. The van der Waals surface area contributed by atoms with E-state index < -0.39 is 10.0 Å². The van der Waals surface area contributed by atoms with E-state index in [0.717, 1.165) is 12.0 Å². The highest BCUT2D eigenvalue weighted by molar-refractivity contribution is 7.92. The number of sulfonamides is 1. The first-order valence-electron chi connectivity index (χ1n) is 5.32. The topological polar surface area (TPSA) is 72.2 Å². The van der Waals surface area contributed by atoms with Crippen molar-refractivity contribution in [3.8, 4) is 0 Å². The van der Waals surface area contributed by atoms with Crippen molar-refractivity contribution >= 4 is 21.4 Å². The van der Waals surface area contributed by atoms with Gasteiger partial charge in [0.15, 0.2) is 0 Å². The fourth-order valence-corrected chi connectivity index (χ4v) is 2.64. The molecule has 0 saturated heterocycles. The Labute approximate surface area is 96.9 Å². The van der Waals surface area contributed by atoms with Gasteiger partial charge >= 0.3 is 0 Å². The van der Waals surface area contributed by atoms with Crippen LogP contribution in [0, 0.1) is 6.92 Å². The first-order valence-corrected chi connectivity index (χ1v) is 6.97. The Hall–Kier alpha value is -1.23. The van der Waals surface area contributed by atoms with E-state index in [-0.39, 0.29) is 5.75 Å². The summed E-state index contributed by atoms with van der Waals surface area (Å²) >= 11 is 0. The van der Waals surface area contributed by atoms with Crippen molar-refractivity contribution in [3.63, 3.8) is 0 Å². The number of nitrogens with one attached hydrogen (secondary N) is 1. The second-order valence-electron chi connectivity index (χ2n) is 3.79. The number of nitrogens with two attached hydrogens (primary N) is 1. The molecule has 0 heterocycles. The molecule has 16 heavy (non-hydrogen) atoms. The number of hydrogen-bond donors (Lipinski definition) is 2. The zero-order valence-corrected chi connectivity index (χ0v) is 10.5. The van der Waals surface area contributed by atoms with Crippen molar-refractivity contribution in [3.05, 3.63) is 23.8 Å². The monoisotopic (exact) mass is 242 g/mol. The minimum absolute atomic E-state index is 0.151. The van der Waals surface area contributed by atoms with Gasteiger partial charge in [0.2, 0.25) is 10.0 Å². The summed E-state index contributed by atoms with van der Waals surface area (Å²) in [6.07, 6.45) is 1.52. The van der Waals surface area contributed by atoms with Gasteiger partial charge in [-0.1, -0.05) is 19.4 Å². The average Bonchev–Trinajstić information content (AvgIpc) is 2.22. The number of nitrogen functional groups attached to an aromatic ring is 1. The molecule has 0 radical (unpaired) electrons. The molecule has 0 aliphatic heterocycles. The van der Waals surface area contributed by atoms with Crippen molar-refractivity contribution in [1.82, 2.24) is 0 Å². The number of rotatable bonds is 5. The molecule has 0 saturated carbocycles. The molecule has 4 nitrogen and oxygen atoms in total. The van der Waals surface area contributed by atoms with Crippen molar-refractivity contribution in [2.45, 2.75) is 26.7 Å². The smallest absolute Gasteiger partial charge is 0.232 e. The number of hydrogen-bond acceptors (Lipinski definition) is 3. The molecule has 0 aliphatic rings. The lowest BCUT2D eigenvalue weighted by Crippen LogP contribution is -2.17. The minimum Gasteiger partial charge on any atom is -0.398 e. The van der Waals surface area contributed by atoms with E-state index in [9.17, 15) is 8.42 Å². The van der Waals surface area contributed by atoms with Gasteiger partial charge in [0.1, 0.15) is 0 Å². The molecular weight excluding hydrogens is 224 g/mol. The zero-order valence-electron chi connectivity index (χ0n) is 9.66. The van der Waals surface area contributed by atoms with E-state index in [0.29, 0.717) is 17.8 Å². The second kappa shape index (κ2) is 5.21. The Bertz CT molecular complexity index is 455. The Morgan fingerprint density at radius 3 is 2.69 bits per heavy atom. The Morgan fingerprint density at radius 2 is 2.06 bits per heavy atom. The fraction of sp³-hybridized carbons (Fsp3) is 0.455. The molecule has 0 atom stereocenters. The summed E-state index contributed by atoms with van der Waals surface area (Å²) in [5.74, 6) is 0.151. The van der Waals surface area contributed by atoms with Crippen LogP contribution in [0.15, 0.2) is 18.2 Å². The van der Waals surface area contributed by atoms with E-state index in [1.807, 2.05) is 6.92 Å². The van der Waals surface area contributed by atoms with Crippen LogP contribution >= 0.6 is 0 Å². The van der Waals surface area contributed by atoms with Crippen LogP contribution in [0.4, 0.5) is 11.4 Å². The van der Waals surface area contributed by atoms with Crippen LogP contribution in [0.3, 0.4) is 0 Å². The van der Waals surface area contributed by atoms with Crippen molar-refractivity contribution < 1.29 is 8.42 Å².